The Morgan fingerprint density at radius 2 is 1.84 bits per heavy atom. The normalized spacial score (nSPS) is 18.8. The molecule has 106 valence electrons. The highest BCUT2D eigenvalue weighted by molar-refractivity contribution is 5.38. The van der Waals surface area contributed by atoms with Gasteiger partial charge in [0.1, 0.15) is 0 Å². The van der Waals surface area contributed by atoms with Gasteiger partial charge in [-0.25, -0.2) is 0 Å². The van der Waals surface area contributed by atoms with Crippen molar-refractivity contribution in [2.24, 2.45) is 0 Å². The lowest BCUT2D eigenvalue weighted by molar-refractivity contribution is -0.138. The number of hydrogen-bond acceptors (Lipinski definition) is 1. The highest BCUT2D eigenvalue weighted by atomic mass is 19.4. The van der Waals surface area contributed by atoms with E-state index in [2.05, 4.69) is 11.8 Å². The summed E-state index contributed by atoms with van der Waals surface area (Å²) < 4.78 is 38.7. The van der Waals surface area contributed by atoms with Crippen molar-refractivity contribution >= 4 is 0 Å². The van der Waals surface area contributed by atoms with Crippen molar-refractivity contribution in [1.29, 1.82) is 0 Å². The van der Waals surface area contributed by atoms with Crippen LogP contribution in [0.5, 0.6) is 0 Å². The van der Waals surface area contributed by atoms with Gasteiger partial charge >= 0.3 is 6.18 Å². The fourth-order valence-corrected chi connectivity index (χ4v) is 2.96. The molecule has 1 aromatic carbocycles. The van der Waals surface area contributed by atoms with Crippen LogP contribution >= 0.6 is 0 Å². The van der Waals surface area contributed by atoms with Crippen LogP contribution < -0.4 is 0 Å². The predicted octanol–water partition coefficient (Wildman–Crippen LogP) is 4.21. The zero-order valence-corrected chi connectivity index (χ0v) is 11.4. The minimum absolute atomic E-state index is 0.269. The Morgan fingerprint density at radius 3 is 2.37 bits per heavy atom. The number of piperidine rings is 1. The Kier molecular flexibility index (Phi) is 4.19. The molecule has 0 amide bonds. The van der Waals surface area contributed by atoms with Gasteiger partial charge in [0.15, 0.2) is 0 Å². The lowest BCUT2D eigenvalue weighted by atomic mass is 9.85. The van der Waals surface area contributed by atoms with Crippen molar-refractivity contribution < 1.29 is 13.2 Å². The number of alkyl halides is 3. The summed E-state index contributed by atoms with van der Waals surface area (Å²) in [4.78, 5) is 2.35. The van der Waals surface area contributed by atoms with Gasteiger partial charge < -0.3 is 4.90 Å². The van der Waals surface area contributed by atoms with E-state index in [0.717, 1.165) is 38.0 Å². The first kappa shape index (κ1) is 14.4. The Balaban J connectivity index is 2.22. The lowest BCUT2D eigenvalue weighted by Crippen LogP contribution is -2.32. The molecule has 1 fully saturated rings. The Morgan fingerprint density at radius 1 is 1.21 bits per heavy atom. The summed E-state index contributed by atoms with van der Waals surface area (Å²) in [5.41, 5.74) is 0.804. The number of halogens is 3. The molecule has 1 saturated heterocycles. The van der Waals surface area contributed by atoms with E-state index in [1.165, 1.54) is 12.1 Å². The second-order valence-electron chi connectivity index (χ2n) is 5.23. The van der Waals surface area contributed by atoms with Gasteiger partial charge in [0.05, 0.1) is 5.56 Å². The minimum Gasteiger partial charge on any atom is -0.304 e. The fraction of sp³-hybridized carbons (Fsp3) is 0.600. The van der Waals surface area contributed by atoms with Crippen LogP contribution in [0.3, 0.4) is 0 Å². The van der Waals surface area contributed by atoms with Gasteiger partial charge in [-0.05, 0) is 62.5 Å². The van der Waals surface area contributed by atoms with Gasteiger partial charge in [-0.15, -0.1) is 0 Å². The molecule has 1 aliphatic rings. The van der Waals surface area contributed by atoms with Crippen LogP contribution in [0.15, 0.2) is 18.2 Å². The first-order valence-electron chi connectivity index (χ1n) is 6.82. The van der Waals surface area contributed by atoms with E-state index in [1.807, 2.05) is 6.07 Å². The Labute approximate surface area is 112 Å². The Hall–Kier alpha value is -1.03. The largest absolute Gasteiger partial charge is 0.416 e. The summed E-state index contributed by atoms with van der Waals surface area (Å²) in [5, 5.41) is 0. The first-order chi connectivity index (χ1) is 8.93. The fourth-order valence-electron chi connectivity index (χ4n) is 2.96. The standard InChI is InChI=1S/C15H20F3N/c1-3-19-9-7-12(8-10-19)13-5-4-6-14(11(13)2)15(16,17)18/h4-6,12H,3,7-10H2,1-2H3. The van der Waals surface area contributed by atoms with Crippen LogP contribution in [-0.4, -0.2) is 24.5 Å². The molecule has 1 aliphatic heterocycles. The average molecular weight is 271 g/mol. The summed E-state index contributed by atoms with van der Waals surface area (Å²) in [6, 6.07) is 4.58. The van der Waals surface area contributed by atoms with E-state index in [0.29, 0.717) is 5.56 Å². The maximum Gasteiger partial charge on any atom is 0.416 e. The second kappa shape index (κ2) is 5.53. The first-order valence-corrected chi connectivity index (χ1v) is 6.82. The minimum atomic E-state index is -4.25. The molecule has 1 nitrogen and oxygen atoms in total. The second-order valence-corrected chi connectivity index (χ2v) is 5.23. The smallest absolute Gasteiger partial charge is 0.304 e. The van der Waals surface area contributed by atoms with E-state index >= 15 is 0 Å². The van der Waals surface area contributed by atoms with Crippen molar-refractivity contribution in [2.75, 3.05) is 19.6 Å². The van der Waals surface area contributed by atoms with E-state index in [9.17, 15) is 13.2 Å². The molecule has 1 aromatic rings. The number of likely N-dealkylation sites (tertiary alicyclic amines) is 1. The third-order valence-electron chi connectivity index (χ3n) is 4.16. The zero-order chi connectivity index (χ0) is 14.0. The van der Waals surface area contributed by atoms with E-state index < -0.39 is 11.7 Å². The molecule has 0 bridgehead atoms. The Bertz CT molecular complexity index is 432. The molecule has 19 heavy (non-hydrogen) atoms. The molecular formula is C15H20F3N. The van der Waals surface area contributed by atoms with Crippen LogP contribution in [0.2, 0.25) is 0 Å². The molecule has 0 aliphatic carbocycles. The van der Waals surface area contributed by atoms with Gasteiger partial charge in [0.2, 0.25) is 0 Å². The molecule has 0 atom stereocenters. The van der Waals surface area contributed by atoms with Gasteiger partial charge in [0.25, 0.3) is 0 Å². The van der Waals surface area contributed by atoms with Gasteiger partial charge in [-0.1, -0.05) is 19.1 Å². The van der Waals surface area contributed by atoms with Crippen molar-refractivity contribution in [1.82, 2.24) is 4.90 Å². The van der Waals surface area contributed by atoms with Crippen molar-refractivity contribution in [2.45, 2.75) is 38.8 Å². The lowest BCUT2D eigenvalue weighted by Gasteiger charge is -2.32. The maximum atomic E-state index is 12.9. The van der Waals surface area contributed by atoms with Crippen LogP contribution in [-0.2, 0) is 6.18 Å². The highest BCUT2D eigenvalue weighted by Gasteiger charge is 2.34. The molecule has 0 radical (unpaired) electrons. The van der Waals surface area contributed by atoms with E-state index in [-0.39, 0.29) is 5.92 Å². The predicted molar refractivity (Wildman–Crippen MR) is 70.3 cm³/mol. The molecule has 2 rings (SSSR count). The van der Waals surface area contributed by atoms with Gasteiger partial charge in [0, 0.05) is 0 Å². The van der Waals surface area contributed by atoms with Crippen molar-refractivity contribution in [3.8, 4) is 0 Å². The van der Waals surface area contributed by atoms with Crippen LogP contribution in [0, 0.1) is 6.92 Å². The number of rotatable bonds is 2. The number of nitrogens with zero attached hydrogens (tertiary/aromatic N) is 1. The van der Waals surface area contributed by atoms with Crippen LogP contribution in [0.4, 0.5) is 13.2 Å². The van der Waals surface area contributed by atoms with Crippen molar-refractivity contribution in [3.63, 3.8) is 0 Å². The third-order valence-corrected chi connectivity index (χ3v) is 4.16. The summed E-state index contributed by atoms with van der Waals surface area (Å²) in [6.07, 6.45) is -2.34. The topological polar surface area (TPSA) is 3.24 Å². The maximum absolute atomic E-state index is 12.9. The van der Waals surface area contributed by atoms with Gasteiger partial charge in [-0.2, -0.15) is 13.2 Å². The monoisotopic (exact) mass is 271 g/mol. The molecule has 4 heteroatoms. The number of benzene rings is 1. The molecule has 0 spiro atoms. The highest BCUT2D eigenvalue weighted by Crippen LogP contribution is 2.37. The molecule has 0 unspecified atom stereocenters. The molecule has 0 aromatic heterocycles. The molecule has 1 heterocycles. The SMILES string of the molecule is CCN1CCC(c2cccc(C(F)(F)F)c2C)CC1. The van der Waals surface area contributed by atoms with Gasteiger partial charge in [-0.3, -0.25) is 0 Å². The quantitative estimate of drug-likeness (QED) is 0.778. The van der Waals surface area contributed by atoms with E-state index in [4.69, 9.17) is 0 Å². The van der Waals surface area contributed by atoms with Crippen molar-refractivity contribution in [3.05, 3.63) is 34.9 Å². The average Bonchev–Trinajstić information content (AvgIpc) is 2.38. The number of hydrogen-bond donors (Lipinski definition) is 0. The summed E-state index contributed by atoms with van der Waals surface area (Å²) in [6.45, 7) is 6.71. The third kappa shape index (κ3) is 3.11. The zero-order valence-electron chi connectivity index (χ0n) is 11.4. The molecule has 0 N–H and O–H groups in total. The van der Waals surface area contributed by atoms with Crippen LogP contribution in [0.1, 0.15) is 42.4 Å². The summed E-state index contributed by atoms with van der Waals surface area (Å²) >= 11 is 0. The molecule has 0 saturated carbocycles. The van der Waals surface area contributed by atoms with E-state index in [1.54, 1.807) is 6.92 Å². The summed E-state index contributed by atoms with van der Waals surface area (Å²) in [7, 11) is 0. The molecular weight excluding hydrogens is 251 g/mol. The summed E-state index contributed by atoms with van der Waals surface area (Å²) in [5.74, 6) is 0.269. The van der Waals surface area contributed by atoms with Crippen LogP contribution in [0.25, 0.3) is 0 Å².